The maximum atomic E-state index is 14.5. The van der Waals surface area contributed by atoms with Gasteiger partial charge in [-0.1, -0.05) is 0 Å². The second-order valence-corrected chi connectivity index (χ2v) is 9.92. The molecular weight excluding hydrogens is 536 g/mol. The van der Waals surface area contributed by atoms with Crippen LogP contribution in [0.5, 0.6) is 11.5 Å². The van der Waals surface area contributed by atoms with Gasteiger partial charge in [0.05, 0.1) is 37.0 Å². The smallest absolute Gasteiger partial charge is 0.424 e. The van der Waals surface area contributed by atoms with Crippen molar-refractivity contribution in [1.29, 1.82) is 0 Å². The number of methoxy groups -OCH3 is 1. The summed E-state index contributed by atoms with van der Waals surface area (Å²) in [6, 6.07) is 8.47. The number of halogens is 4. The molecule has 40 heavy (non-hydrogen) atoms. The molecule has 0 saturated heterocycles. The van der Waals surface area contributed by atoms with E-state index < -0.39 is 41.3 Å². The van der Waals surface area contributed by atoms with Crippen LogP contribution in [0.3, 0.4) is 0 Å². The number of rotatable bonds is 6. The molecule has 0 aliphatic carbocycles. The molecule has 3 aromatic rings. The van der Waals surface area contributed by atoms with Crippen LogP contribution < -0.4 is 25.8 Å². The van der Waals surface area contributed by atoms with E-state index in [-0.39, 0.29) is 52.8 Å². The number of amides is 2. The van der Waals surface area contributed by atoms with E-state index in [0.29, 0.717) is 11.3 Å². The fraction of sp³-hybridized carbons (Fsp3) is 0.296. The number of alkyl halides is 3. The van der Waals surface area contributed by atoms with E-state index in [4.69, 9.17) is 15.2 Å². The largest absolute Gasteiger partial charge is 0.495 e. The third-order valence-corrected chi connectivity index (χ3v) is 6.90. The highest BCUT2D eigenvalue weighted by Gasteiger charge is 2.57. The highest BCUT2D eigenvalue weighted by molar-refractivity contribution is 6.03. The van der Waals surface area contributed by atoms with Crippen molar-refractivity contribution >= 4 is 17.5 Å². The van der Waals surface area contributed by atoms with Gasteiger partial charge >= 0.3 is 6.18 Å². The Kier molecular flexibility index (Phi) is 6.46. The molecule has 2 aromatic carbocycles. The molecule has 5 N–H and O–H groups in total. The highest BCUT2D eigenvalue weighted by atomic mass is 19.4. The Balaban J connectivity index is 1.54. The molecule has 0 spiro atoms. The van der Waals surface area contributed by atoms with Crippen LogP contribution in [0.4, 0.5) is 23.2 Å². The van der Waals surface area contributed by atoms with Crippen molar-refractivity contribution in [1.82, 2.24) is 10.3 Å². The molecule has 1 aromatic heterocycles. The number of nitrogens with two attached hydrogens (primary N) is 1. The number of carbonyl (C=O) groups is 2. The van der Waals surface area contributed by atoms with Gasteiger partial charge in [0.2, 0.25) is 11.5 Å². The third kappa shape index (κ3) is 4.60. The number of nitrogens with zero attached hydrogens (tertiary/aromatic N) is 1. The lowest BCUT2D eigenvalue weighted by atomic mass is 9.89. The van der Waals surface area contributed by atoms with Crippen molar-refractivity contribution in [3.05, 3.63) is 70.7 Å². The molecule has 0 fully saturated rings. The zero-order valence-corrected chi connectivity index (χ0v) is 21.3. The second kappa shape index (κ2) is 9.45. The van der Waals surface area contributed by atoms with Gasteiger partial charge in [0.1, 0.15) is 23.9 Å². The monoisotopic (exact) mass is 560 g/mol. The van der Waals surface area contributed by atoms with E-state index in [9.17, 15) is 32.3 Å². The van der Waals surface area contributed by atoms with Crippen LogP contribution in [-0.4, -0.2) is 48.3 Å². The molecule has 2 unspecified atom stereocenters. The maximum Gasteiger partial charge on any atom is 0.424 e. The average Bonchev–Trinajstić information content (AvgIpc) is 3.43. The molecule has 0 saturated carbocycles. The van der Waals surface area contributed by atoms with E-state index in [1.165, 1.54) is 31.4 Å². The van der Waals surface area contributed by atoms with Gasteiger partial charge in [-0.05, 0) is 55.0 Å². The van der Waals surface area contributed by atoms with Gasteiger partial charge < -0.3 is 30.9 Å². The Morgan fingerprint density at radius 1 is 1.25 bits per heavy atom. The van der Waals surface area contributed by atoms with Crippen LogP contribution in [0, 0.1) is 5.82 Å². The van der Waals surface area contributed by atoms with E-state index in [1.54, 1.807) is 6.92 Å². The summed E-state index contributed by atoms with van der Waals surface area (Å²) in [6.07, 6.45) is -5.33. The minimum Gasteiger partial charge on any atom is -0.495 e. The van der Waals surface area contributed by atoms with Gasteiger partial charge in [-0.25, -0.2) is 9.37 Å². The predicted octanol–water partition coefficient (Wildman–Crippen LogP) is 3.14. The van der Waals surface area contributed by atoms with E-state index in [2.05, 4.69) is 15.6 Å². The van der Waals surface area contributed by atoms with Crippen LogP contribution in [0.25, 0.3) is 11.3 Å². The zero-order valence-electron chi connectivity index (χ0n) is 21.3. The number of nitrogens with one attached hydrogen (secondary N) is 2. The lowest BCUT2D eigenvalue weighted by molar-refractivity contribution is -0.265. The fourth-order valence-corrected chi connectivity index (χ4v) is 4.67. The average molecular weight is 561 g/mol. The standard InChI is InChI=1S/C27H24F4N4O5/c1-25(32)12-40-23-17(25)10-19(34-22(23)13-3-5-16(28)6-4-13)26(38,27(29,30)31)11-33-24(37)15-7-14-9-20(36)35-21(14)18(8-15)39-2/h3-8,10,38H,9,11-12,32H2,1-2H3,(H,33,37)(H,35,36). The van der Waals surface area contributed by atoms with Gasteiger partial charge in [0.25, 0.3) is 5.91 Å². The molecule has 13 heteroatoms. The van der Waals surface area contributed by atoms with Crippen molar-refractivity contribution in [2.24, 2.45) is 5.73 Å². The van der Waals surface area contributed by atoms with Crippen LogP contribution in [0.1, 0.15) is 34.1 Å². The first-order chi connectivity index (χ1) is 18.7. The number of fused-ring (bicyclic) bond motifs is 2. The second-order valence-electron chi connectivity index (χ2n) is 9.92. The Morgan fingerprint density at radius 3 is 2.60 bits per heavy atom. The summed E-state index contributed by atoms with van der Waals surface area (Å²) < 4.78 is 67.9. The maximum absolute atomic E-state index is 14.5. The number of benzene rings is 2. The van der Waals surface area contributed by atoms with Gasteiger partial charge in [-0.15, -0.1) is 0 Å². The first-order valence-electron chi connectivity index (χ1n) is 12.1. The Labute approximate surface area is 225 Å². The van der Waals surface area contributed by atoms with Crippen molar-refractivity contribution < 1.29 is 41.7 Å². The van der Waals surface area contributed by atoms with Crippen molar-refractivity contribution in [3.63, 3.8) is 0 Å². The summed E-state index contributed by atoms with van der Waals surface area (Å²) in [5.41, 5.74) is 1.63. The highest BCUT2D eigenvalue weighted by Crippen LogP contribution is 2.46. The number of hydrogen-bond donors (Lipinski definition) is 4. The first kappa shape index (κ1) is 27.3. The van der Waals surface area contributed by atoms with Crippen molar-refractivity contribution in [2.45, 2.75) is 30.7 Å². The van der Waals surface area contributed by atoms with Gasteiger partial charge in [-0.3, -0.25) is 9.59 Å². The molecule has 210 valence electrons. The number of pyridine rings is 1. The molecule has 0 radical (unpaired) electrons. The van der Waals surface area contributed by atoms with Crippen LogP contribution in [-0.2, 0) is 22.4 Å². The SMILES string of the molecule is COc1cc(C(=O)NCC(O)(c2cc3c(c(-c4ccc(F)cc4)n2)OCC3(C)N)C(F)(F)F)cc2c1NC(=O)C2. The lowest BCUT2D eigenvalue weighted by Gasteiger charge is -2.31. The Bertz CT molecular complexity index is 1520. The number of aliphatic hydroxyl groups is 1. The van der Waals surface area contributed by atoms with E-state index in [1.807, 2.05) is 0 Å². The molecule has 9 nitrogen and oxygen atoms in total. The molecular formula is C27H24F4N4O5. The van der Waals surface area contributed by atoms with E-state index >= 15 is 0 Å². The summed E-state index contributed by atoms with van der Waals surface area (Å²) in [6.45, 7) is 0.176. The number of carbonyl (C=O) groups excluding carboxylic acids is 2. The third-order valence-electron chi connectivity index (χ3n) is 6.90. The first-order valence-corrected chi connectivity index (χ1v) is 12.1. The Morgan fingerprint density at radius 2 is 1.95 bits per heavy atom. The minimum atomic E-state index is -5.29. The fourth-order valence-electron chi connectivity index (χ4n) is 4.67. The van der Waals surface area contributed by atoms with E-state index in [0.717, 1.165) is 18.2 Å². The number of aromatic nitrogens is 1. The van der Waals surface area contributed by atoms with Gasteiger partial charge in [-0.2, -0.15) is 13.2 Å². The zero-order chi connectivity index (χ0) is 29.0. The molecule has 2 aliphatic rings. The topological polar surface area (TPSA) is 136 Å². The molecule has 2 amide bonds. The van der Waals surface area contributed by atoms with Crippen molar-refractivity contribution in [2.75, 3.05) is 25.6 Å². The molecule has 2 aliphatic heterocycles. The summed E-state index contributed by atoms with van der Waals surface area (Å²) in [7, 11) is 1.32. The molecule has 5 rings (SSSR count). The van der Waals surface area contributed by atoms with Crippen LogP contribution in [0.2, 0.25) is 0 Å². The lowest BCUT2D eigenvalue weighted by Crippen LogP contribution is -2.51. The minimum absolute atomic E-state index is 0.0373. The van der Waals surface area contributed by atoms with Gasteiger partial charge in [0.15, 0.2) is 5.75 Å². The van der Waals surface area contributed by atoms with Crippen LogP contribution in [0.15, 0.2) is 42.5 Å². The van der Waals surface area contributed by atoms with Gasteiger partial charge in [0, 0.05) is 16.7 Å². The normalized spacial score (nSPS) is 19.2. The summed E-state index contributed by atoms with van der Waals surface area (Å²) in [5, 5.41) is 15.8. The van der Waals surface area contributed by atoms with Crippen molar-refractivity contribution in [3.8, 4) is 22.8 Å². The van der Waals surface area contributed by atoms with Crippen LogP contribution >= 0.6 is 0 Å². The molecule has 2 atom stereocenters. The summed E-state index contributed by atoms with van der Waals surface area (Å²) in [4.78, 5) is 28.8. The number of hydrogen-bond acceptors (Lipinski definition) is 7. The molecule has 3 heterocycles. The molecule has 0 bridgehead atoms. The predicted molar refractivity (Wildman–Crippen MR) is 134 cm³/mol. The summed E-state index contributed by atoms with van der Waals surface area (Å²) in [5.74, 6) is -1.57. The number of anilines is 1. The summed E-state index contributed by atoms with van der Waals surface area (Å²) >= 11 is 0. The number of ether oxygens (including phenoxy) is 2. The quantitative estimate of drug-likeness (QED) is 0.340. The Hall–Kier alpha value is -4.23.